The molecule has 0 aromatic heterocycles. The summed E-state index contributed by atoms with van der Waals surface area (Å²) in [6.07, 6.45) is 4.76. The maximum absolute atomic E-state index is 12.3. The van der Waals surface area contributed by atoms with Crippen LogP contribution in [0.2, 0.25) is 0 Å². The van der Waals surface area contributed by atoms with Crippen LogP contribution in [0.5, 0.6) is 0 Å². The molecule has 116 valence electrons. The first-order valence-electron chi connectivity index (χ1n) is 7.81. The first-order valence-corrected chi connectivity index (χ1v) is 7.81. The Morgan fingerprint density at radius 1 is 1.43 bits per heavy atom. The topological polar surface area (TPSA) is 75.3 Å². The SMILES string of the molecule is CCC1CCC(O)(CNC(=O)c2c(C)cccc2N)CC1. The van der Waals surface area contributed by atoms with Crippen molar-refractivity contribution in [2.24, 2.45) is 5.92 Å². The number of anilines is 1. The molecule has 4 nitrogen and oxygen atoms in total. The quantitative estimate of drug-likeness (QED) is 0.746. The summed E-state index contributed by atoms with van der Waals surface area (Å²) < 4.78 is 0. The Balaban J connectivity index is 1.95. The molecule has 0 heterocycles. The minimum Gasteiger partial charge on any atom is -0.398 e. The third-order valence-electron chi connectivity index (χ3n) is 4.72. The molecule has 2 rings (SSSR count). The van der Waals surface area contributed by atoms with Gasteiger partial charge in [0.1, 0.15) is 0 Å². The number of carbonyl (C=O) groups is 1. The van der Waals surface area contributed by atoms with E-state index in [-0.39, 0.29) is 5.91 Å². The van der Waals surface area contributed by atoms with Crippen LogP contribution in [-0.4, -0.2) is 23.2 Å². The summed E-state index contributed by atoms with van der Waals surface area (Å²) in [7, 11) is 0. The molecule has 0 radical (unpaired) electrons. The van der Waals surface area contributed by atoms with E-state index in [0.717, 1.165) is 31.2 Å². The van der Waals surface area contributed by atoms with Crippen LogP contribution < -0.4 is 11.1 Å². The molecule has 1 aromatic carbocycles. The molecule has 1 aliphatic rings. The molecule has 1 aliphatic carbocycles. The highest BCUT2D eigenvalue weighted by Crippen LogP contribution is 2.33. The third kappa shape index (κ3) is 3.76. The van der Waals surface area contributed by atoms with E-state index < -0.39 is 5.60 Å². The van der Waals surface area contributed by atoms with Gasteiger partial charge in [-0.05, 0) is 50.2 Å². The van der Waals surface area contributed by atoms with Crippen molar-refractivity contribution in [1.29, 1.82) is 0 Å². The monoisotopic (exact) mass is 290 g/mol. The number of nitrogen functional groups attached to an aromatic ring is 1. The van der Waals surface area contributed by atoms with Crippen molar-refractivity contribution in [3.05, 3.63) is 29.3 Å². The van der Waals surface area contributed by atoms with Crippen LogP contribution >= 0.6 is 0 Å². The van der Waals surface area contributed by atoms with Gasteiger partial charge >= 0.3 is 0 Å². The van der Waals surface area contributed by atoms with E-state index in [1.807, 2.05) is 19.1 Å². The Hall–Kier alpha value is -1.55. The minimum atomic E-state index is -0.765. The van der Waals surface area contributed by atoms with Crippen LogP contribution in [0.1, 0.15) is 54.9 Å². The molecular formula is C17H26N2O2. The molecule has 0 saturated heterocycles. The lowest BCUT2D eigenvalue weighted by Gasteiger charge is -2.35. The van der Waals surface area contributed by atoms with Gasteiger partial charge in [0.05, 0.1) is 11.2 Å². The molecule has 0 unspecified atom stereocenters. The maximum atomic E-state index is 12.3. The number of nitrogens with two attached hydrogens (primary N) is 1. The summed E-state index contributed by atoms with van der Waals surface area (Å²) in [6.45, 7) is 4.36. The molecule has 4 N–H and O–H groups in total. The molecule has 0 spiro atoms. The fourth-order valence-corrected chi connectivity index (χ4v) is 3.13. The summed E-state index contributed by atoms with van der Waals surface area (Å²) in [5, 5.41) is 13.4. The molecule has 0 bridgehead atoms. The molecule has 1 aromatic rings. The van der Waals surface area contributed by atoms with Crippen LogP contribution in [0, 0.1) is 12.8 Å². The van der Waals surface area contributed by atoms with Crippen LogP contribution in [0.3, 0.4) is 0 Å². The van der Waals surface area contributed by atoms with E-state index in [2.05, 4.69) is 12.2 Å². The van der Waals surface area contributed by atoms with E-state index in [1.165, 1.54) is 6.42 Å². The Labute approximate surface area is 126 Å². The van der Waals surface area contributed by atoms with Gasteiger partial charge in [0, 0.05) is 12.2 Å². The predicted molar refractivity (Wildman–Crippen MR) is 85.1 cm³/mol. The van der Waals surface area contributed by atoms with Gasteiger partial charge in [0.2, 0.25) is 0 Å². The van der Waals surface area contributed by atoms with Crippen molar-refractivity contribution in [3.63, 3.8) is 0 Å². The van der Waals surface area contributed by atoms with Crippen molar-refractivity contribution in [3.8, 4) is 0 Å². The standard InChI is InChI=1S/C17H26N2O2/c1-3-13-7-9-17(21,10-8-13)11-19-16(20)15-12(2)5-4-6-14(15)18/h4-6,13,21H,3,7-11,18H2,1-2H3,(H,19,20). The lowest BCUT2D eigenvalue weighted by molar-refractivity contribution is -0.00786. The van der Waals surface area contributed by atoms with Crippen molar-refractivity contribution >= 4 is 11.6 Å². The van der Waals surface area contributed by atoms with Gasteiger partial charge in [0.25, 0.3) is 5.91 Å². The fraction of sp³-hybridized carbons (Fsp3) is 0.588. The highest BCUT2D eigenvalue weighted by molar-refractivity contribution is 6.00. The zero-order chi connectivity index (χ0) is 15.5. The van der Waals surface area contributed by atoms with Gasteiger partial charge in [-0.15, -0.1) is 0 Å². The Kier molecular flexibility index (Phi) is 4.88. The van der Waals surface area contributed by atoms with Gasteiger partial charge in [-0.2, -0.15) is 0 Å². The fourth-order valence-electron chi connectivity index (χ4n) is 3.13. The number of nitrogens with one attached hydrogen (secondary N) is 1. The van der Waals surface area contributed by atoms with Gasteiger partial charge in [-0.3, -0.25) is 4.79 Å². The van der Waals surface area contributed by atoms with Gasteiger partial charge in [-0.25, -0.2) is 0 Å². The second kappa shape index (κ2) is 6.48. The summed E-state index contributed by atoms with van der Waals surface area (Å²) in [5.41, 5.74) is 6.97. The highest BCUT2D eigenvalue weighted by Gasteiger charge is 2.33. The van der Waals surface area contributed by atoms with Crippen LogP contribution in [0.15, 0.2) is 18.2 Å². The van der Waals surface area contributed by atoms with E-state index >= 15 is 0 Å². The first kappa shape index (κ1) is 15.8. The van der Waals surface area contributed by atoms with E-state index in [0.29, 0.717) is 23.7 Å². The summed E-state index contributed by atoms with van der Waals surface area (Å²) >= 11 is 0. The van der Waals surface area contributed by atoms with Crippen molar-refractivity contribution in [2.45, 2.75) is 51.6 Å². The van der Waals surface area contributed by atoms with Crippen LogP contribution in [-0.2, 0) is 0 Å². The van der Waals surface area contributed by atoms with Crippen molar-refractivity contribution in [1.82, 2.24) is 5.32 Å². The van der Waals surface area contributed by atoms with Crippen molar-refractivity contribution in [2.75, 3.05) is 12.3 Å². The molecular weight excluding hydrogens is 264 g/mol. The van der Waals surface area contributed by atoms with Gasteiger partial charge in [-0.1, -0.05) is 25.5 Å². The number of aliphatic hydroxyl groups is 1. The lowest BCUT2D eigenvalue weighted by Crippen LogP contribution is -2.45. The zero-order valence-electron chi connectivity index (χ0n) is 13.0. The second-order valence-electron chi connectivity index (χ2n) is 6.30. The highest BCUT2D eigenvalue weighted by atomic mass is 16.3. The number of hydrogen-bond donors (Lipinski definition) is 3. The number of amides is 1. The molecule has 4 heteroatoms. The zero-order valence-corrected chi connectivity index (χ0v) is 13.0. The third-order valence-corrected chi connectivity index (χ3v) is 4.72. The number of benzene rings is 1. The summed E-state index contributed by atoms with van der Waals surface area (Å²) in [6, 6.07) is 5.43. The second-order valence-corrected chi connectivity index (χ2v) is 6.30. The number of aryl methyl sites for hydroxylation is 1. The molecule has 1 amide bonds. The Morgan fingerprint density at radius 2 is 2.10 bits per heavy atom. The summed E-state index contributed by atoms with van der Waals surface area (Å²) in [4.78, 5) is 12.3. The van der Waals surface area contributed by atoms with Crippen LogP contribution in [0.4, 0.5) is 5.69 Å². The van der Waals surface area contributed by atoms with E-state index in [4.69, 9.17) is 5.73 Å². The largest absolute Gasteiger partial charge is 0.398 e. The Bertz CT molecular complexity index is 485. The maximum Gasteiger partial charge on any atom is 0.253 e. The van der Waals surface area contributed by atoms with Gasteiger partial charge in [0.15, 0.2) is 0 Å². The van der Waals surface area contributed by atoms with Gasteiger partial charge < -0.3 is 16.2 Å². The Morgan fingerprint density at radius 3 is 2.67 bits per heavy atom. The van der Waals surface area contributed by atoms with E-state index in [9.17, 15) is 9.90 Å². The van der Waals surface area contributed by atoms with E-state index in [1.54, 1.807) is 6.07 Å². The molecule has 1 fully saturated rings. The number of hydrogen-bond acceptors (Lipinski definition) is 3. The van der Waals surface area contributed by atoms with Crippen molar-refractivity contribution < 1.29 is 9.90 Å². The molecule has 1 saturated carbocycles. The normalized spacial score (nSPS) is 25.6. The number of carbonyl (C=O) groups excluding carboxylic acids is 1. The average Bonchev–Trinajstić information content (AvgIpc) is 2.46. The lowest BCUT2D eigenvalue weighted by atomic mass is 9.78. The first-order chi connectivity index (χ1) is 9.95. The number of rotatable bonds is 4. The molecule has 21 heavy (non-hydrogen) atoms. The minimum absolute atomic E-state index is 0.198. The smallest absolute Gasteiger partial charge is 0.253 e. The summed E-state index contributed by atoms with van der Waals surface area (Å²) in [5.74, 6) is 0.518. The molecule has 0 atom stereocenters. The average molecular weight is 290 g/mol. The predicted octanol–water partition coefficient (Wildman–Crippen LogP) is 2.64. The molecule has 0 aliphatic heterocycles. The van der Waals surface area contributed by atoms with Crippen LogP contribution in [0.25, 0.3) is 0 Å².